The van der Waals surface area contributed by atoms with Gasteiger partial charge in [-0.25, -0.2) is 4.79 Å². The van der Waals surface area contributed by atoms with E-state index in [0.29, 0.717) is 0 Å². The summed E-state index contributed by atoms with van der Waals surface area (Å²) in [6.45, 7) is 6.71. The quantitative estimate of drug-likeness (QED) is 0.621. The normalized spacial score (nSPS) is 35.0. The van der Waals surface area contributed by atoms with E-state index in [1.165, 1.54) is 19.2 Å². The lowest BCUT2D eigenvalue weighted by molar-refractivity contribution is -0.294. The van der Waals surface area contributed by atoms with Gasteiger partial charge in [-0.2, -0.15) is 0 Å². The maximum atomic E-state index is 12.8. The van der Waals surface area contributed by atoms with Gasteiger partial charge in [-0.15, -0.1) is 0 Å². The van der Waals surface area contributed by atoms with Crippen molar-refractivity contribution in [1.82, 2.24) is 0 Å². The number of hydrogen-bond donors (Lipinski definition) is 1. The van der Waals surface area contributed by atoms with Gasteiger partial charge >= 0.3 is 5.97 Å². The molecule has 1 aromatic rings. The van der Waals surface area contributed by atoms with Crippen LogP contribution in [0.15, 0.2) is 12.1 Å². The lowest BCUT2D eigenvalue weighted by Gasteiger charge is -2.31. The Morgan fingerprint density at radius 1 is 1.06 bits per heavy atom. The van der Waals surface area contributed by atoms with Gasteiger partial charge in [-0.1, -0.05) is 23.2 Å². The van der Waals surface area contributed by atoms with Gasteiger partial charge in [0.25, 0.3) is 0 Å². The summed E-state index contributed by atoms with van der Waals surface area (Å²) in [5, 5.41) is 11.6. The molecule has 1 N–H and O–H groups in total. The number of rotatable bonds is 5. The molecule has 0 bridgehead atoms. The number of carbonyl (C=O) groups excluding carboxylic acids is 1. The standard InChI is InChI=1S/C21H26Cl2O9/c1-19(2)28-8-12(29-19)15-16-17(32-20(3,4)30-16)21(25,31-15)9-27-18(24)13-10(22)6-7-11(23)14(13)26-5/h6-7,12,15-17,25H,8-9H2,1-5H3/t12-,15?,16+,17+,21+/m1/s1. The molecule has 3 aliphatic heterocycles. The highest BCUT2D eigenvalue weighted by Crippen LogP contribution is 2.46. The first-order chi connectivity index (χ1) is 14.9. The number of ether oxygens (including phenoxy) is 7. The van der Waals surface area contributed by atoms with E-state index in [2.05, 4.69) is 0 Å². The maximum absolute atomic E-state index is 12.8. The van der Waals surface area contributed by atoms with Gasteiger partial charge in [0.2, 0.25) is 5.79 Å². The number of methoxy groups -OCH3 is 1. The van der Waals surface area contributed by atoms with Crippen LogP contribution in [-0.4, -0.2) is 73.2 Å². The largest absolute Gasteiger partial charge is 0.494 e. The summed E-state index contributed by atoms with van der Waals surface area (Å²) in [4.78, 5) is 12.8. The Kier molecular flexibility index (Phi) is 6.18. The van der Waals surface area contributed by atoms with E-state index in [1.807, 2.05) is 0 Å². The Morgan fingerprint density at radius 2 is 1.75 bits per heavy atom. The van der Waals surface area contributed by atoms with Gasteiger partial charge in [0.05, 0.1) is 23.8 Å². The average Bonchev–Trinajstić information content (AvgIpc) is 3.31. The summed E-state index contributed by atoms with van der Waals surface area (Å²) in [7, 11) is 1.36. The van der Waals surface area contributed by atoms with Crippen molar-refractivity contribution in [3.63, 3.8) is 0 Å². The van der Waals surface area contributed by atoms with Crippen molar-refractivity contribution in [2.45, 2.75) is 69.5 Å². The molecule has 3 heterocycles. The van der Waals surface area contributed by atoms with E-state index in [1.54, 1.807) is 27.7 Å². The topological polar surface area (TPSA) is 102 Å². The Morgan fingerprint density at radius 3 is 2.38 bits per heavy atom. The van der Waals surface area contributed by atoms with Crippen molar-refractivity contribution < 1.29 is 43.1 Å². The van der Waals surface area contributed by atoms with E-state index >= 15 is 0 Å². The van der Waals surface area contributed by atoms with E-state index in [4.69, 9.17) is 56.4 Å². The highest BCUT2D eigenvalue weighted by molar-refractivity contribution is 6.37. The van der Waals surface area contributed by atoms with E-state index in [9.17, 15) is 9.90 Å². The molecule has 11 heteroatoms. The number of hydrogen-bond acceptors (Lipinski definition) is 9. The molecule has 0 aliphatic carbocycles. The predicted octanol–water partition coefficient (Wildman–Crippen LogP) is 2.92. The number of fused-ring (bicyclic) bond motifs is 1. The second-order valence-electron chi connectivity index (χ2n) is 8.83. The van der Waals surface area contributed by atoms with Crippen LogP contribution < -0.4 is 4.74 Å². The Labute approximate surface area is 195 Å². The van der Waals surface area contributed by atoms with Crippen molar-refractivity contribution in [3.8, 4) is 5.75 Å². The zero-order valence-electron chi connectivity index (χ0n) is 18.3. The second kappa shape index (κ2) is 8.25. The Bertz CT molecular complexity index is 906. The Balaban J connectivity index is 1.54. The molecular formula is C21H26Cl2O9. The molecule has 3 saturated heterocycles. The third kappa shape index (κ3) is 4.33. The molecule has 5 atom stereocenters. The van der Waals surface area contributed by atoms with Crippen LogP contribution in [0.1, 0.15) is 38.1 Å². The number of benzene rings is 1. The summed E-state index contributed by atoms with van der Waals surface area (Å²) in [5.41, 5.74) is -0.0606. The number of carbonyl (C=O) groups is 1. The van der Waals surface area contributed by atoms with Crippen molar-refractivity contribution >= 4 is 29.2 Å². The molecule has 9 nitrogen and oxygen atoms in total. The van der Waals surface area contributed by atoms with Crippen LogP contribution >= 0.6 is 23.2 Å². The summed E-state index contributed by atoms with van der Waals surface area (Å²) in [6.07, 6.45) is -2.82. The highest BCUT2D eigenvalue weighted by atomic mass is 35.5. The van der Waals surface area contributed by atoms with Crippen LogP contribution in [0, 0.1) is 0 Å². The molecule has 3 fully saturated rings. The van der Waals surface area contributed by atoms with Gasteiger partial charge in [-0.3, -0.25) is 0 Å². The van der Waals surface area contributed by atoms with Crippen molar-refractivity contribution in [3.05, 3.63) is 27.7 Å². The minimum Gasteiger partial charge on any atom is -0.494 e. The van der Waals surface area contributed by atoms with Crippen LogP contribution in [0.25, 0.3) is 0 Å². The molecule has 3 aliphatic rings. The number of halogens is 2. The third-order valence-corrected chi connectivity index (χ3v) is 6.12. The summed E-state index contributed by atoms with van der Waals surface area (Å²) in [6, 6.07) is 2.95. The predicted molar refractivity (Wildman–Crippen MR) is 112 cm³/mol. The first kappa shape index (κ1) is 24.0. The third-order valence-electron chi connectivity index (χ3n) is 5.51. The molecule has 1 unspecified atom stereocenters. The van der Waals surface area contributed by atoms with Crippen molar-refractivity contribution in [2.75, 3.05) is 20.3 Å². The molecule has 178 valence electrons. The first-order valence-corrected chi connectivity index (χ1v) is 10.9. The van der Waals surface area contributed by atoms with Gasteiger partial charge < -0.3 is 38.3 Å². The van der Waals surface area contributed by atoms with Crippen LogP contribution in [0.5, 0.6) is 5.75 Å². The smallest absolute Gasteiger partial charge is 0.343 e. The van der Waals surface area contributed by atoms with E-state index < -0.39 is 54.4 Å². The molecular weight excluding hydrogens is 467 g/mol. The van der Waals surface area contributed by atoms with Crippen LogP contribution in [0.2, 0.25) is 10.0 Å². The summed E-state index contributed by atoms with van der Waals surface area (Å²) >= 11 is 12.3. The Hall–Kier alpha value is -1.17. The van der Waals surface area contributed by atoms with Gasteiger partial charge in [0.15, 0.2) is 17.3 Å². The average molecular weight is 493 g/mol. The molecule has 0 radical (unpaired) electrons. The fourth-order valence-electron chi connectivity index (χ4n) is 4.19. The lowest BCUT2D eigenvalue weighted by atomic mass is 10.0. The first-order valence-electron chi connectivity index (χ1n) is 10.1. The van der Waals surface area contributed by atoms with Crippen LogP contribution in [0.3, 0.4) is 0 Å². The van der Waals surface area contributed by atoms with Crippen molar-refractivity contribution in [2.24, 2.45) is 0 Å². The number of esters is 1. The molecule has 4 rings (SSSR count). The minimum atomic E-state index is -1.99. The molecule has 1 aromatic carbocycles. The highest BCUT2D eigenvalue weighted by Gasteiger charge is 2.65. The molecule has 0 aromatic heterocycles. The second-order valence-corrected chi connectivity index (χ2v) is 9.64. The van der Waals surface area contributed by atoms with E-state index in [0.717, 1.165) is 0 Å². The zero-order valence-corrected chi connectivity index (χ0v) is 19.9. The minimum absolute atomic E-state index is 0.0606. The lowest BCUT2D eigenvalue weighted by Crippen LogP contribution is -2.47. The molecule has 0 saturated carbocycles. The molecule has 0 spiro atoms. The van der Waals surface area contributed by atoms with Crippen LogP contribution in [0.4, 0.5) is 0 Å². The SMILES string of the molecule is COc1c(Cl)ccc(Cl)c1C(=O)OC[C@]1(O)OC([C@H]2COC(C)(C)O2)[C@@H]2OC(C)(C)O[C@@H]21. The maximum Gasteiger partial charge on any atom is 0.343 e. The van der Waals surface area contributed by atoms with Crippen molar-refractivity contribution in [1.29, 1.82) is 0 Å². The van der Waals surface area contributed by atoms with Gasteiger partial charge in [0, 0.05) is 0 Å². The fourth-order valence-corrected chi connectivity index (χ4v) is 4.65. The van der Waals surface area contributed by atoms with E-state index in [-0.39, 0.29) is 28.0 Å². The molecule has 32 heavy (non-hydrogen) atoms. The van der Waals surface area contributed by atoms with Gasteiger partial charge in [0.1, 0.15) is 36.6 Å². The van der Waals surface area contributed by atoms with Crippen LogP contribution in [-0.2, 0) is 28.4 Å². The zero-order chi connectivity index (χ0) is 23.5. The van der Waals surface area contributed by atoms with Gasteiger partial charge in [-0.05, 0) is 39.8 Å². The monoisotopic (exact) mass is 492 g/mol. The summed E-state index contributed by atoms with van der Waals surface area (Å²) in [5.74, 6) is -4.55. The fraction of sp³-hybridized carbons (Fsp3) is 0.667. The summed E-state index contributed by atoms with van der Waals surface area (Å²) < 4.78 is 39.9. The number of aliphatic hydroxyl groups is 1. The molecule has 0 amide bonds.